The van der Waals surface area contributed by atoms with Crippen LogP contribution in [0, 0.1) is 5.82 Å². The molecule has 2 nitrogen and oxygen atoms in total. The Morgan fingerprint density at radius 2 is 2.18 bits per heavy atom. The molecule has 0 aliphatic carbocycles. The number of nitrogens with zero attached hydrogens (tertiary/aromatic N) is 1. The Kier molecular flexibility index (Phi) is 4.15. The normalized spacial score (nSPS) is 10.5. The van der Waals surface area contributed by atoms with Gasteiger partial charge in [0.05, 0.1) is 11.1 Å². The zero-order valence-electron chi connectivity index (χ0n) is 8.73. The van der Waals surface area contributed by atoms with Crippen LogP contribution in [0.3, 0.4) is 0 Å². The van der Waals surface area contributed by atoms with Crippen LogP contribution in [-0.4, -0.2) is 10.1 Å². The predicted molar refractivity (Wildman–Crippen MR) is 68.4 cm³/mol. The monoisotopic (exact) mass is 313 g/mol. The van der Waals surface area contributed by atoms with Crippen LogP contribution in [0.25, 0.3) is 0 Å². The van der Waals surface area contributed by atoms with E-state index in [1.165, 1.54) is 23.9 Å². The van der Waals surface area contributed by atoms with E-state index in [0.717, 1.165) is 9.50 Å². The summed E-state index contributed by atoms with van der Waals surface area (Å²) in [6, 6.07) is 8.18. The van der Waals surface area contributed by atoms with E-state index in [1.54, 1.807) is 12.3 Å². The highest BCUT2D eigenvalue weighted by Crippen LogP contribution is 2.32. The van der Waals surface area contributed by atoms with Crippen LogP contribution in [0.5, 0.6) is 0 Å². The van der Waals surface area contributed by atoms with Crippen LogP contribution in [0.4, 0.5) is 4.39 Å². The molecule has 0 atom stereocenters. The molecule has 0 bridgehead atoms. The first-order valence-corrected chi connectivity index (χ1v) is 6.48. The van der Waals surface area contributed by atoms with Gasteiger partial charge in [-0.25, -0.2) is 9.37 Å². The highest BCUT2D eigenvalue weighted by Gasteiger charge is 2.06. The lowest BCUT2D eigenvalue weighted by molar-refractivity contribution is 0.281. The molecule has 0 spiro atoms. The number of benzene rings is 1. The second kappa shape index (κ2) is 5.62. The zero-order chi connectivity index (χ0) is 12.3. The molecule has 5 heteroatoms. The molecule has 17 heavy (non-hydrogen) atoms. The van der Waals surface area contributed by atoms with Gasteiger partial charge in [-0.3, -0.25) is 0 Å². The number of pyridine rings is 1. The Morgan fingerprint density at radius 1 is 1.35 bits per heavy atom. The fourth-order valence-corrected chi connectivity index (χ4v) is 2.71. The van der Waals surface area contributed by atoms with E-state index in [-0.39, 0.29) is 12.4 Å². The smallest absolute Gasteiger partial charge is 0.124 e. The zero-order valence-corrected chi connectivity index (χ0v) is 11.1. The third kappa shape index (κ3) is 3.28. The van der Waals surface area contributed by atoms with Crippen LogP contribution in [0.15, 0.2) is 50.9 Å². The van der Waals surface area contributed by atoms with Crippen molar-refractivity contribution < 1.29 is 9.50 Å². The fourth-order valence-electron chi connectivity index (χ4n) is 1.33. The third-order valence-corrected chi connectivity index (χ3v) is 3.95. The van der Waals surface area contributed by atoms with Crippen LogP contribution in [0.2, 0.25) is 0 Å². The molecule has 0 fully saturated rings. The lowest BCUT2D eigenvalue weighted by Crippen LogP contribution is -1.87. The van der Waals surface area contributed by atoms with E-state index in [0.29, 0.717) is 10.5 Å². The number of hydrogen-bond acceptors (Lipinski definition) is 3. The summed E-state index contributed by atoms with van der Waals surface area (Å²) >= 11 is 4.73. The van der Waals surface area contributed by atoms with E-state index >= 15 is 0 Å². The van der Waals surface area contributed by atoms with E-state index in [1.807, 2.05) is 12.1 Å². The van der Waals surface area contributed by atoms with Gasteiger partial charge in [0, 0.05) is 11.1 Å². The maximum absolute atomic E-state index is 13.3. The molecule has 1 aromatic heterocycles. The number of aliphatic hydroxyl groups excluding tert-OH is 1. The molecule has 0 unspecified atom stereocenters. The van der Waals surface area contributed by atoms with Crippen molar-refractivity contribution >= 4 is 27.7 Å². The average molecular weight is 314 g/mol. The van der Waals surface area contributed by atoms with Gasteiger partial charge in [-0.15, -0.1) is 0 Å². The van der Waals surface area contributed by atoms with Crippen molar-refractivity contribution in [2.24, 2.45) is 0 Å². The van der Waals surface area contributed by atoms with Gasteiger partial charge < -0.3 is 5.11 Å². The topological polar surface area (TPSA) is 33.1 Å². The van der Waals surface area contributed by atoms with E-state index < -0.39 is 0 Å². The number of halogens is 2. The summed E-state index contributed by atoms with van der Waals surface area (Å²) in [6.07, 6.45) is 1.68. The largest absolute Gasteiger partial charge is 0.392 e. The molecule has 0 aliphatic heterocycles. The first kappa shape index (κ1) is 12.5. The summed E-state index contributed by atoms with van der Waals surface area (Å²) in [5, 5.41) is 9.77. The molecule has 0 saturated heterocycles. The first-order valence-electron chi connectivity index (χ1n) is 4.88. The molecule has 1 heterocycles. The van der Waals surface area contributed by atoms with Crippen molar-refractivity contribution in [3.05, 3.63) is 52.4 Å². The van der Waals surface area contributed by atoms with Gasteiger partial charge >= 0.3 is 0 Å². The van der Waals surface area contributed by atoms with Crippen molar-refractivity contribution in [1.29, 1.82) is 0 Å². The van der Waals surface area contributed by atoms with Gasteiger partial charge in [-0.2, -0.15) is 0 Å². The number of hydrogen-bond donors (Lipinski definition) is 1. The van der Waals surface area contributed by atoms with Crippen LogP contribution >= 0.6 is 27.7 Å². The number of rotatable bonds is 3. The lowest BCUT2D eigenvalue weighted by atomic mass is 10.2. The van der Waals surface area contributed by atoms with Crippen molar-refractivity contribution in [3.63, 3.8) is 0 Å². The summed E-state index contributed by atoms with van der Waals surface area (Å²) in [4.78, 5) is 4.91. The molecule has 1 aromatic carbocycles. The quantitative estimate of drug-likeness (QED) is 0.939. The number of aromatic nitrogens is 1. The summed E-state index contributed by atoms with van der Waals surface area (Å²) in [7, 11) is 0. The molecule has 0 amide bonds. The van der Waals surface area contributed by atoms with Gasteiger partial charge in [0.1, 0.15) is 10.8 Å². The molecular weight excluding hydrogens is 305 g/mol. The molecule has 1 N–H and O–H groups in total. The maximum Gasteiger partial charge on any atom is 0.124 e. The fraction of sp³-hybridized carbons (Fsp3) is 0.0833. The molecule has 0 aliphatic rings. The van der Waals surface area contributed by atoms with Crippen LogP contribution in [-0.2, 0) is 6.61 Å². The third-order valence-electron chi connectivity index (χ3n) is 2.05. The second-order valence-electron chi connectivity index (χ2n) is 3.35. The summed E-state index contributed by atoms with van der Waals surface area (Å²) in [5.41, 5.74) is 0.555. The van der Waals surface area contributed by atoms with Crippen LogP contribution in [0.1, 0.15) is 5.56 Å². The minimum absolute atomic E-state index is 0.172. The Bertz CT molecular complexity index is 536. The number of aliphatic hydroxyl groups is 1. The van der Waals surface area contributed by atoms with Crippen LogP contribution < -0.4 is 0 Å². The lowest BCUT2D eigenvalue weighted by Gasteiger charge is -2.05. The first-order chi connectivity index (χ1) is 8.19. The standard InChI is InChI=1S/C12H9BrFNOS/c13-11-2-1-3-15-12(11)17-10-5-8(7-16)4-9(14)6-10/h1-6,16H,7H2. The maximum atomic E-state index is 13.3. The molecule has 0 radical (unpaired) electrons. The van der Waals surface area contributed by atoms with Gasteiger partial charge in [0.2, 0.25) is 0 Å². The summed E-state index contributed by atoms with van der Waals surface area (Å²) < 4.78 is 14.1. The minimum Gasteiger partial charge on any atom is -0.392 e. The molecule has 2 rings (SSSR count). The Hall–Kier alpha value is -0.910. The van der Waals surface area contributed by atoms with Gasteiger partial charge in [0.25, 0.3) is 0 Å². The SMILES string of the molecule is OCc1cc(F)cc(Sc2ncccc2Br)c1. The Morgan fingerprint density at radius 3 is 2.88 bits per heavy atom. The minimum atomic E-state index is -0.355. The van der Waals surface area contributed by atoms with Gasteiger partial charge in [-0.1, -0.05) is 11.8 Å². The molecular formula is C12H9BrFNOS. The van der Waals surface area contributed by atoms with Crippen molar-refractivity contribution in [2.75, 3.05) is 0 Å². The van der Waals surface area contributed by atoms with E-state index in [4.69, 9.17) is 5.11 Å². The van der Waals surface area contributed by atoms with Crippen molar-refractivity contribution in [1.82, 2.24) is 4.98 Å². The van der Waals surface area contributed by atoms with Gasteiger partial charge in [0.15, 0.2) is 0 Å². The highest BCUT2D eigenvalue weighted by molar-refractivity contribution is 9.10. The Balaban J connectivity index is 2.30. The second-order valence-corrected chi connectivity index (χ2v) is 5.26. The summed E-state index contributed by atoms with van der Waals surface area (Å²) in [6.45, 7) is -0.172. The molecule has 0 saturated carbocycles. The van der Waals surface area contributed by atoms with E-state index in [2.05, 4.69) is 20.9 Å². The average Bonchev–Trinajstić information content (AvgIpc) is 2.31. The van der Waals surface area contributed by atoms with Gasteiger partial charge in [-0.05, 0) is 51.8 Å². The van der Waals surface area contributed by atoms with Crippen molar-refractivity contribution in [3.8, 4) is 0 Å². The molecule has 88 valence electrons. The summed E-state index contributed by atoms with van der Waals surface area (Å²) in [5.74, 6) is -0.355. The Labute approximate surface area is 111 Å². The van der Waals surface area contributed by atoms with E-state index in [9.17, 15) is 4.39 Å². The predicted octanol–water partition coefficient (Wildman–Crippen LogP) is 3.63. The van der Waals surface area contributed by atoms with Crippen molar-refractivity contribution in [2.45, 2.75) is 16.5 Å². The highest BCUT2D eigenvalue weighted by atomic mass is 79.9. The molecule has 2 aromatic rings.